The van der Waals surface area contributed by atoms with Gasteiger partial charge in [0.25, 0.3) is 0 Å². The molecule has 17 heteroatoms. The van der Waals surface area contributed by atoms with Crippen molar-refractivity contribution in [1.82, 2.24) is 24.1 Å². The number of aliphatic hydroxyl groups excluding tert-OH is 4. The molecule has 2 aromatic heterocycles. The molecular formula is C17H23F2N7O8. The van der Waals surface area contributed by atoms with Gasteiger partial charge in [0, 0.05) is 12.6 Å². The SMILES string of the molecule is Nc1ccn([C@@H]2O[C@H](CO)[C@@H](O)C2(F)F)c(=O)n1.Nc1ncn([C@H]2C[C@H](O)[C@@H](CO)O2)c(=O)n1. The summed E-state index contributed by atoms with van der Waals surface area (Å²) in [6, 6.07) is 1.15. The summed E-state index contributed by atoms with van der Waals surface area (Å²) in [4.78, 5) is 33.3. The third-order valence-corrected chi connectivity index (χ3v) is 5.10. The molecule has 0 bridgehead atoms. The Balaban J connectivity index is 0.000000192. The zero-order valence-corrected chi connectivity index (χ0v) is 17.4. The lowest BCUT2D eigenvalue weighted by molar-refractivity contribution is -0.140. The van der Waals surface area contributed by atoms with Gasteiger partial charge < -0.3 is 41.4 Å². The highest BCUT2D eigenvalue weighted by Gasteiger charge is 2.59. The van der Waals surface area contributed by atoms with E-state index < -0.39 is 60.8 Å². The summed E-state index contributed by atoms with van der Waals surface area (Å²) in [5.74, 6) is -3.94. The fraction of sp³-hybridized carbons (Fsp3) is 0.588. The van der Waals surface area contributed by atoms with Crippen LogP contribution in [0.4, 0.5) is 20.5 Å². The average molecular weight is 491 g/mol. The number of rotatable bonds is 4. The Morgan fingerprint density at radius 2 is 1.71 bits per heavy atom. The lowest BCUT2D eigenvalue weighted by atomic mass is 10.1. The number of nitrogens with two attached hydrogens (primary N) is 2. The highest BCUT2D eigenvalue weighted by molar-refractivity contribution is 5.23. The van der Waals surface area contributed by atoms with E-state index in [2.05, 4.69) is 15.0 Å². The first kappa shape index (κ1) is 25.5. The van der Waals surface area contributed by atoms with Crippen molar-refractivity contribution in [3.63, 3.8) is 0 Å². The van der Waals surface area contributed by atoms with E-state index >= 15 is 0 Å². The number of alkyl halides is 2. The first-order valence-corrected chi connectivity index (χ1v) is 9.81. The van der Waals surface area contributed by atoms with Crippen LogP contribution in [0, 0.1) is 0 Å². The van der Waals surface area contributed by atoms with Gasteiger partial charge in [-0.3, -0.25) is 9.13 Å². The van der Waals surface area contributed by atoms with Gasteiger partial charge in [-0.15, -0.1) is 0 Å². The largest absolute Gasteiger partial charge is 0.394 e. The number of anilines is 2. The second kappa shape index (κ2) is 10.0. The molecule has 0 amide bonds. The molecule has 0 unspecified atom stereocenters. The second-order valence-corrected chi connectivity index (χ2v) is 7.39. The smallest absolute Gasteiger partial charge is 0.354 e. The highest BCUT2D eigenvalue weighted by Crippen LogP contribution is 2.41. The van der Waals surface area contributed by atoms with Crippen LogP contribution in [-0.4, -0.2) is 88.1 Å². The second-order valence-electron chi connectivity index (χ2n) is 7.39. The van der Waals surface area contributed by atoms with E-state index in [-0.39, 0.29) is 24.8 Å². The summed E-state index contributed by atoms with van der Waals surface area (Å²) in [6.45, 7) is -1.09. The molecule has 0 aliphatic carbocycles. The zero-order valence-electron chi connectivity index (χ0n) is 17.4. The van der Waals surface area contributed by atoms with E-state index in [0.717, 1.165) is 16.8 Å². The molecule has 2 aromatic rings. The van der Waals surface area contributed by atoms with Crippen LogP contribution in [0.1, 0.15) is 18.9 Å². The molecule has 0 saturated carbocycles. The lowest BCUT2D eigenvalue weighted by Gasteiger charge is -2.20. The van der Waals surface area contributed by atoms with Crippen LogP contribution in [0.5, 0.6) is 0 Å². The molecule has 0 aromatic carbocycles. The van der Waals surface area contributed by atoms with Gasteiger partial charge in [-0.25, -0.2) is 14.6 Å². The van der Waals surface area contributed by atoms with Crippen LogP contribution in [0.2, 0.25) is 0 Å². The maximum atomic E-state index is 13.7. The molecule has 4 heterocycles. The molecule has 4 rings (SSSR count). The molecule has 6 atom stereocenters. The number of aliphatic hydroxyl groups is 4. The van der Waals surface area contributed by atoms with E-state index in [4.69, 9.17) is 31.2 Å². The van der Waals surface area contributed by atoms with Crippen LogP contribution < -0.4 is 22.8 Å². The van der Waals surface area contributed by atoms with Crippen molar-refractivity contribution in [3.05, 3.63) is 39.6 Å². The van der Waals surface area contributed by atoms with E-state index in [0.29, 0.717) is 4.57 Å². The predicted octanol–water partition coefficient (Wildman–Crippen LogP) is -3.43. The van der Waals surface area contributed by atoms with Gasteiger partial charge in [0.1, 0.15) is 30.6 Å². The monoisotopic (exact) mass is 491 g/mol. The van der Waals surface area contributed by atoms with E-state index in [1.807, 2.05) is 0 Å². The van der Waals surface area contributed by atoms with Crippen molar-refractivity contribution >= 4 is 11.8 Å². The standard InChI is InChI=1S/C9H11F2N3O4.C8H12N4O4/c10-9(11)6(16)4(3-15)18-7(9)14-2-1-5(12)13-8(14)17;9-7-10-3-12(8(15)11-7)6-1-4(14)5(2-13)16-6/h1-2,4,6-7,15-16H,3H2,(H2,12,13,17);3-6,13-14H,1-2H2,(H2,9,11,15)/t4-,6-,7-;4-,5+,6+/m10/s1. The van der Waals surface area contributed by atoms with Crippen LogP contribution in [0.15, 0.2) is 28.2 Å². The number of nitrogens with zero attached hydrogens (tertiary/aromatic N) is 5. The Morgan fingerprint density at radius 1 is 1.06 bits per heavy atom. The topological polar surface area (TPSA) is 234 Å². The minimum absolute atomic E-state index is 0.112. The molecule has 8 N–H and O–H groups in total. The van der Waals surface area contributed by atoms with Crippen molar-refractivity contribution in [2.75, 3.05) is 24.7 Å². The first-order valence-electron chi connectivity index (χ1n) is 9.81. The van der Waals surface area contributed by atoms with Crippen molar-refractivity contribution < 1.29 is 38.7 Å². The fourth-order valence-electron chi connectivity index (χ4n) is 3.33. The Labute approximate surface area is 188 Å². The molecule has 2 aliphatic rings. The molecule has 188 valence electrons. The number of halogens is 2. The maximum Gasteiger partial charge on any atom is 0.354 e. The first-order chi connectivity index (χ1) is 16.0. The molecule has 2 fully saturated rings. The Kier molecular flexibility index (Phi) is 7.54. The molecule has 2 saturated heterocycles. The Hall–Kier alpha value is -3.09. The van der Waals surface area contributed by atoms with Crippen LogP contribution in [0.3, 0.4) is 0 Å². The quantitative estimate of drug-likeness (QED) is 0.245. The van der Waals surface area contributed by atoms with Gasteiger partial charge in [-0.05, 0) is 6.07 Å². The van der Waals surface area contributed by atoms with Crippen molar-refractivity contribution in [2.45, 2.75) is 49.2 Å². The zero-order chi connectivity index (χ0) is 25.2. The van der Waals surface area contributed by atoms with Gasteiger partial charge >= 0.3 is 17.3 Å². The number of nitrogen functional groups attached to an aromatic ring is 2. The number of aromatic nitrogens is 5. The van der Waals surface area contributed by atoms with E-state index in [9.17, 15) is 28.6 Å². The van der Waals surface area contributed by atoms with Gasteiger partial charge in [0.2, 0.25) is 12.2 Å². The maximum absolute atomic E-state index is 13.7. The van der Waals surface area contributed by atoms with Crippen LogP contribution in [-0.2, 0) is 9.47 Å². The number of ether oxygens (including phenoxy) is 2. The molecule has 0 spiro atoms. The average Bonchev–Trinajstić information content (AvgIpc) is 3.25. The summed E-state index contributed by atoms with van der Waals surface area (Å²) in [5, 5.41) is 36.5. The Bertz CT molecular complexity index is 1120. The fourth-order valence-corrected chi connectivity index (χ4v) is 3.33. The minimum Gasteiger partial charge on any atom is -0.394 e. The van der Waals surface area contributed by atoms with Crippen molar-refractivity contribution in [3.8, 4) is 0 Å². The predicted molar refractivity (Wildman–Crippen MR) is 107 cm³/mol. The highest BCUT2D eigenvalue weighted by atomic mass is 19.3. The van der Waals surface area contributed by atoms with Crippen molar-refractivity contribution in [2.24, 2.45) is 0 Å². The summed E-state index contributed by atoms with van der Waals surface area (Å²) < 4.78 is 39.1. The summed E-state index contributed by atoms with van der Waals surface area (Å²) in [6.07, 6.45) is -5.43. The third kappa shape index (κ3) is 5.03. The van der Waals surface area contributed by atoms with E-state index in [1.165, 1.54) is 6.33 Å². The van der Waals surface area contributed by atoms with Crippen LogP contribution in [0.25, 0.3) is 0 Å². The lowest BCUT2D eigenvalue weighted by Crippen LogP contribution is -2.41. The Morgan fingerprint density at radius 3 is 2.24 bits per heavy atom. The normalized spacial score (nSPS) is 30.1. The van der Waals surface area contributed by atoms with Crippen molar-refractivity contribution in [1.29, 1.82) is 0 Å². The summed E-state index contributed by atoms with van der Waals surface area (Å²) in [5.41, 5.74) is 8.86. The number of hydrogen-bond donors (Lipinski definition) is 6. The molecular weight excluding hydrogens is 468 g/mol. The minimum atomic E-state index is -3.71. The molecule has 34 heavy (non-hydrogen) atoms. The van der Waals surface area contributed by atoms with Crippen LogP contribution >= 0.6 is 0 Å². The van der Waals surface area contributed by atoms with Gasteiger partial charge in [-0.2, -0.15) is 18.7 Å². The molecule has 15 nitrogen and oxygen atoms in total. The summed E-state index contributed by atoms with van der Waals surface area (Å²) >= 11 is 0. The summed E-state index contributed by atoms with van der Waals surface area (Å²) in [7, 11) is 0. The molecule has 2 aliphatic heterocycles. The van der Waals surface area contributed by atoms with Gasteiger partial charge in [0.05, 0.1) is 19.3 Å². The van der Waals surface area contributed by atoms with Gasteiger partial charge in [-0.1, -0.05) is 0 Å². The van der Waals surface area contributed by atoms with E-state index in [1.54, 1.807) is 0 Å². The third-order valence-electron chi connectivity index (χ3n) is 5.10. The number of hydrogen-bond acceptors (Lipinski definition) is 13. The molecule has 0 radical (unpaired) electrons. The van der Waals surface area contributed by atoms with Gasteiger partial charge in [0.15, 0.2) is 6.10 Å².